The highest BCUT2D eigenvalue weighted by Crippen LogP contribution is 2.24. The van der Waals surface area contributed by atoms with E-state index in [2.05, 4.69) is 30.4 Å². The number of nitrogens with one attached hydrogen (secondary N) is 1. The summed E-state index contributed by atoms with van der Waals surface area (Å²) in [6.07, 6.45) is 1.36. The monoisotopic (exact) mass is 480 g/mol. The van der Waals surface area contributed by atoms with Gasteiger partial charge in [-0.1, -0.05) is 72.9 Å². The topological polar surface area (TPSA) is 49.4 Å². The highest BCUT2D eigenvalue weighted by atomic mass is 35.5. The van der Waals surface area contributed by atoms with Crippen LogP contribution in [0.3, 0.4) is 0 Å². The number of halogens is 2. The summed E-state index contributed by atoms with van der Waals surface area (Å²) in [7, 11) is 0. The molecule has 0 radical (unpaired) electrons. The van der Waals surface area contributed by atoms with Gasteiger partial charge in [-0.2, -0.15) is 0 Å². The van der Waals surface area contributed by atoms with Gasteiger partial charge in [0.15, 0.2) is 0 Å². The van der Waals surface area contributed by atoms with Crippen LogP contribution in [0.25, 0.3) is 0 Å². The maximum Gasteiger partial charge on any atom is 0.242 e. The van der Waals surface area contributed by atoms with Gasteiger partial charge in [0.05, 0.1) is 5.75 Å². The van der Waals surface area contributed by atoms with Crippen LogP contribution in [0.4, 0.5) is 0 Å². The minimum atomic E-state index is -0.551. The fourth-order valence-electron chi connectivity index (χ4n) is 3.26. The van der Waals surface area contributed by atoms with Crippen LogP contribution in [0.15, 0.2) is 42.5 Å². The predicted molar refractivity (Wildman–Crippen MR) is 132 cm³/mol. The summed E-state index contributed by atoms with van der Waals surface area (Å²) in [4.78, 5) is 27.6. The number of benzene rings is 2. The first-order valence-corrected chi connectivity index (χ1v) is 12.4. The molecule has 7 heteroatoms. The van der Waals surface area contributed by atoms with Crippen molar-refractivity contribution in [1.82, 2.24) is 10.2 Å². The Bertz CT molecular complexity index is 892. The number of carbonyl (C=O) groups is 2. The van der Waals surface area contributed by atoms with Crippen LogP contribution in [0.5, 0.6) is 0 Å². The third kappa shape index (κ3) is 8.06. The smallest absolute Gasteiger partial charge is 0.242 e. The van der Waals surface area contributed by atoms with Gasteiger partial charge in [-0.25, -0.2) is 0 Å². The van der Waals surface area contributed by atoms with E-state index in [0.29, 0.717) is 23.0 Å². The summed E-state index contributed by atoms with van der Waals surface area (Å²) in [5, 5.41) is 3.95. The Morgan fingerprint density at radius 2 is 1.90 bits per heavy atom. The molecule has 2 aromatic rings. The largest absolute Gasteiger partial charge is 0.354 e. The van der Waals surface area contributed by atoms with Crippen LogP contribution in [-0.2, 0) is 21.9 Å². The van der Waals surface area contributed by atoms with Crippen molar-refractivity contribution in [3.05, 3.63) is 69.2 Å². The molecule has 0 spiro atoms. The number of nitrogens with zero attached hydrogens (tertiary/aromatic N) is 1. The zero-order valence-electron chi connectivity index (χ0n) is 18.3. The second kappa shape index (κ2) is 13.0. The number of thioether (sulfide) groups is 1. The molecule has 31 heavy (non-hydrogen) atoms. The summed E-state index contributed by atoms with van der Waals surface area (Å²) in [6.45, 7) is 6.82. The Hall–Kier alpha value is -1.69. The van der Waals surface area contributed by atoms with Crippen molar-refractivity contribution in [3.63, 3.8) is 0 Å². The van der Waals surface area contributed by atoms with E-state index in [0.717, 1.165) is 17.7 Å². The van der Waals surface area contributed by atoms with Crippen molar-refractivity contribution in [1.29, 1.82) is 0 Å². The molecule has 1 unspecified atom stereocenters. The lowest BCUT2D eigenvalue weighted by Crippen LogP contribution is -2.49. The second-order valence-corrected chi connectivity index (χ2v) is 9.28. The molecule has 0 saturated carbocycles. The van der Waals surface area contributed by atoms with Crippen LogP contribution in [0.2, 0.25) is 10.0 Å². The second-order valence-electron chi connectivity index (χ2n) is 7.45. The van der Waals surface area contributed by atoms with E-state index in [1.54, 1.807) is 28.8 Å². The van der Waals surface area contributed by atoms with Crippen LogP contribution in [0, 0.1) is 6.92 Å². The zero-order chi connectivity index (χ0) is 22.8. The lowest BCUT2D eigenvalue weighted by atomic mass is 10.1. The Morgan fingerprint density at radius 3 is 2.55 bits per heavy atom. The maximum absolute atomic E-state index is 13.2. The Kier molecular flexibility index (Phi) is 10.7. The Labute approximate surface area is 199 Å². The number of rotatable bonds is 11. The van der Waals surface area contributed by atoms with Gasteiger partial charge in [-0.05, 0) is 43.0 Å². The van der Waals surface area contributed by atoms with Gasteiger partial charge < -0.3 is 10.2 Å². The SMILES string of the molecule is CCCNC(=O)C(CC)N(Cc1ccc(Cl)cc1Cl)C(=O)CSCc1cccc(C)c1. The molecule has 0 aliphatic rings. The van der Waals surface area contributed by atoms with Crippen LogP contribution in [0.1, 0.15) is 43.4 Å². The molecule has 0 heterocycles. The van der Waals surface area contributed by atoms with Crippen molar-refractivity contribution in [2.75, 3.05) is 12.3 Å². The maximum atomic E-state index is 13.2. The molecule has 168 valence electrons. The first kappa shape index (κ1) is 25.6. The van der Waals surface area contributed by atoms with Gasteiger partial charge in [0.25, 0.3) is 0 Å². The highest BCUT2D eigenvalue weighted by molar-refractivity contribution is 7.99. The van der Waals surface area contributed by atoms with Gasteiger partial charge >= 0.3 is 0 Å². The van der Waals surface area contributed by atoms with Crippen molar-refractivity contribution < 1.29 is 9.59 Å². The Balaban J connectivity index is 2.16. The standard InChI is InChI=1S/C24H30Cl2N2O2S/c1-4-11-27-24(30)22(5-2)28(14-19-9-10-20(25)13-21(19)26)23(29)16-31-15-18-8-6-7-17(3)12-18/h6-10,12-13,22H,4-5,11,14-16H2,1-3H3,(H,27,30). The van der Waals surface area contributed by atoms with Crippen molar-refractivity contribution in [2.24, 2.45) is 0 Å². The molecule has 0 bridgehead atoms. The molecular weight excluding hydrogens is 451 g/mol. The fourth-order valence-corrected chi connectivity index (χ4v) is 4.59. The van der Waals surface area contributed by atoms with E-state index in [9.17, 15) is 9.59 Å². The average molecular weight is 481 g/mol. The minimum Gasteiger partial charge on any atom is -0.354 e. The minimum absolute atomic E-state index is 0.0813. The molecule has 2 aromatic carbocycles. The van der Waals surface area contributed by atoms with Crippen LogP contribution >= 0.6 is 35.0 Å². The molecule has 2 amide bonds. The number of aryl methyl sites for hydroxylation is 1. The summed E-state index contributed by atoms with van der Waals surface area (Å²) >= 11 is 13.9. The van der Waals surface area contributed by atoms with E-state index in [1.807, 2.05) is 26.0 Å². The summed E-state index contributed by atoms with van der Waals surface area (Å²) in [5.41, 5.74) is 3.14. The number of hydrogen-bond acceptors (Lipinski definition) is 3. The van der Waals surface area contributed by atoms with Gasteiger partial charge in [-0.3, -0.25) is 9.59 Å². The molecular formula is C24H30Cl2N2O2S. The normalized spacial score (nSPS) is 11.8. The van der Waals surface area contributed by atoms with E-state index < -0.39 is 6.04 Å². The van der Waals surface area contributed by atoms with Crippen LogP contribution < -0.4 is 5.32 Å². The van der Waals surface area contributed by atoms with Crippen LogP contribution in [-0.4, -0.2) is 35.1 Å². The molecule has 0 aliphatic carbocycles. The molecule has 1 atom stereocenters. The van der Waals surface area contributed by atoms with E-state index in [1.165, 1.54) is 11.1 Å². The molecule has 0 fully saturated rings. The molecule has 0 aliphatic heterocycles. The lowest BCUT2D eigenvalue weighted by Gasteiger charge is -2.31. The zero-order valence-corrected chi connectivity index (χ0v) is 20.6. The summed E-state index contributed by atoms with van der Waals surface area (Å²) in [6, 6.07) is 12.9. The summed E-state index contributed by atoms with van der Waals surface area (Å²) in [5.74, 6) is 0.812. The van der Waals surface area contributed by atoms with E-state index in [-0.39, 0.29) is 24.1 Å². The fraction of sp³-hybridized carbons (Fsp3) is 0.417. The van der Waals surface area contributed by atoms with Gasteiger partial charge in [-0.15, -0.1) is 11.8 Å². The third-order valence-corrected chi connectivity index (χ3v) is 6.44. The molecule has 4 nitrogen and oxygen atoms in total. The molecule has 2 rings (SSSR count). The van der Waals surface area contributed by atoms with Gasteiger partial charge in [0.2, 0.25) is 11.8 Å². The Morgan fingerprint density at radius 1 is 1.13 bits per heavy atom. The molecule has 0 aromatic heterocycles. The molecule has 0 saturated heterocycles. The quantitative estimate of drug-likeness (QED) is 0.437. The van der Waals surface area contributed by atoms with E-state index >= 15 is 0 Å². The van der Waals surface area contributed by atoms with Crippen molar-refractivity contribution >= 4 is 46.8 Å². The number of carbonyl (C=O) groups excluding carboxylic acids is 2. The lowest BCUT2D eigenvalue weighted by molar-refractivity contribution is -0.139. The number of hydrogen-bond donors (Lipinski definition) is 1. The first-order chi connectivity index (χ1) is 14.8. The average Bonchev–Trinajstić information content (AvgIpc) is 2.73. The van der Waals surface area contributed by atoms with Gasteiger partial charge in [0, 0.05) is 28.9 Å². The van der Waals surface area contributed by atoms with Crippen molar-refractivity contribution in [3.8, 4) is 0 Å². The number of amides is 2. The first-order valence-electron chi connectivity index (χ1n) is 10.5. The third-order valence-electron chi connectivity index (χ3n) is 4.87. The predicted octanol–water partition coefficient (Wildman–Crippen LogP) is 5.87. The molecule has 1 N–H and O–H groups in total. The highest BCUT2D eigenvalue weighted by Gasteiger charge is 2.28. The van der Waals surface area contributed by atoms with E-state index in [4.69, 9.17) is 23.2 Å². The van der Waals surface area contributed by atoms with Gasteiger partial charge in [0.1, 0.15) is 6.04 Å². The summed E-state index contributed by atoms with van der Waals surface area (Å²) < 4.78 is 0. The van der Waals surface area contributed by atoms with Crippen molar-refractivity contribution in [2.45, 2.75) is 52.0 Å².